The second-order valence-corrected chi connectivity index (χ2v) is 8.42. The van der Waals surface area contributed by atoms with Crippen LogP contribution in [0.2, 0.25) is 0 Å². The minimum absolute atomic E-state index is 0.141. The van der Waals surface area contributed by atoms with Gasteiger partial charge in [0.1, 0.15) is 11.5 Å². The van der Waals surface area contributed by atoms with Crippen LogP contribution in [-0.2, 0) is 14.3 Å². The Hall–Kier alpha value is -1.84. The van der Waals surface area contributed by atoms with Crippen molar-refractivity contribution in [2.24, 2.45) is 23.2 Å². The molecule has 4 aliphatic rings. The summed E-state index contributed by atoms with van der Waals surface area (Å²) in [6.07, 6.45) is 9.14. The maximum absolute atomic E-state index is 13.1. The Morgan fingerprint density at radius 1 is 1.16 bits per heavy atom. The second-order valence-electron chi connectivity index (χ2n) is 8.42. The quantitative estimate of drug-likeness (QED) is 0.591. The molecular weight excluding hydrogens is 316 g/mol. The Balaban J connectivity index is 1.39. The molecule has 4 heteroatoms. The lowest BCUT2D eigenvalue weighted by Gasteiger charge is -2.56. The van der Waals surface area contributed by atoms with E-state index in [4.69, 9.17) is 9.15 Å². The molecule has 1 heterocycles. The third-order valence-electron chi connectivity index (χ3n) is 6.37. The van der Waals surface area contributed by atoms with Crippen molar-refractivity contribution in [3.05, 3.63) is 29.7 Å². The number of hydrogen-bond donors (Lipinski definition) is 0. The monoisotopic (exact) mass is 342 g/mol. The van der Waals surface area contributed by atoms with Gasteiger partial charge in [0.15, 0.2) is 11.9 Å². The zero-order valence-corrected chi connectivity index (χ0v) is 15.0. The largest absolute Gasteiger partial charge is 0.462 e. The summed E-state index contributed by atoms with van der Waals surface area (Å²) >= 11 is 0. The Bertz CT molecular complexity index is 676. The van der Waals surface area contributed by atoms with E-state index in [0.717, 1.165) is 25.0 Å². The van der Waals surface area contributed by atoms with Crippen LogP contribution in [0.3, 0.4) is 0 Å². The van der Waals surface area contributed by atoms with Crippen LogP contribution in [0.5, 0.6) is 0 Å². The van der Waals surface area contributed by atoms with E-state index in [1.165, 1.54) is 25.3 Å². The van der Waals surface area contributed by atoms with Gasteiger partial charge < -0.3 is 9.15 Å². The average molecular weight is 342 g/mol. The topological polar surface area (TPSA) is 56.5 Å². The van der Waals surface area contributed by atoms with Crippen molar-refractivity contribution < 1.29 is 18.7 Å². The van der Waals surface area contributed by atoms with Gasteiger partial charge in [-0.15, -0.1) is 0 Å². The number of ether oxygens (including phenoxy) is 1. The van der Waals surface area contributed by atoms with Gasteiger partial charge in [-0.2, -0.15) is 0 Å². The number of rotatable bonds is 5. The third-order valence-corrected chi connectivity index (χ3v) is 6.37. The minimum atomic E-state index is -0.674. The molecule has 1 atom stereocenters. The Morgan fingerprint density at radius 3 is 2.28 bits per heavy atom. The molecule has 4 fully saturated rings. The first kappa shape index (κ1) is 16.6. The highest BCUT2D eigenvalue weighted by Crippen LogP contribution is 2.60. The van der Waals surface area contributed by atoms with Gasteiger partial charge in [-0.3, -0.25) is 4.79 Å². The summed E-state index contributed by atoms with van der Waals surface area (Å²) in [5.74, 6) is 3.18. The number of hydrogen-bond acceptors (Lipinski definition) is 4. The van der Waals surface area contributed by atoms with Gasteiger partial charge in [-0.25, -0.2) is 4.79 Å². The molecule has 134 valence electrons. The molecule has 4 aliphatic carbocycles. The van der Waals surface area contributed by atoms with Crippen LogP contribution in [0.4, 0.5) is 0 Å². The van der Waals surface area contributed by atoms with E-state index in [0.29, 0.717) is 23.5 Å². The normalized spacial score (nSPS) is 34.4. The fourth-order valence-corrected chi connectivity index (χ4v) is 5.80. The minimum Gasteiger partial charge on any atom is -0.462 e. The highest BCUT2D eigenvalue weighted by molar-refractivity contribution is 5.93. The second kappa shape index (κ2) is 6.15. The number of carbonyl (C=O) groups is 2. The molecule has 25 heavy (non-hydrogen) atoms. The number of ketones is 1. The van der Waals surface area contributed by atoms with Crippen LogP contribution in [0.25, 0.3) is 6.08 Å². The predicted molar refractivity (Wildman–Crippen MR) is 93.6 cm³/mol. The molecule has 1 aromatic rings. The van der Waals surface area contributed by atoms with Crippen LogP contribution < -0.4 is 0 Å². The summed E-state index contributed by atoms with van der Waals surface area (Å²) < 4.78 is 10.8. The van der Waals surface area contributed by atoms with Gasteiger partial charge >= 0.3 is 5.97 Å². The van der Waals surface area contributed by atoms with Gasteiger partial charge in [0.2, 0.25) is 0 Å². The molecule has 0 amide bonds. The van der Waals surface area contributed by atoms with Crippen LogP contribution in [-0.4, -0.2) is 17.9 Å². The lowest BCUT2D eigenvalue weighted by Crippen LogP contribution is -2.52. The highest BCUT2D eigenvalue weighted by atomic mass is 16.5. The maximum atomic E-state index is 13.1. The van der Waals surface area contributed by atoms with Crippen molar-refractivity contribution in [1.29, 1.82) is 0 Å². The van der Waals surface area contributed by atoms with E-state index in [2.05, 4.69) is 0 Å². The molecule has 0 saturated heterocycles. The number of Topliss-reactive ketones (excluding diaryl/α,β-unsaturated/α-hetero) is 1. The van der Waals surface area contributed by atoms with Gasteiger partial charge in [0, 0.05) is 11.5 Å². The molecule has 4 nitrogen and oxygen atoms in total. The molecule has 1 unspecified atom stereocenters. The zero-order chi connectivity index (χ0) is 17.6. The lowest BCUT2D eigenvalue weighted by molar-refractivity contribution is -0.162. The van der Waals surface area contributed by atoms with Crippen LogP contribution in [0.15, 0.2) is 22.6 Å². The summed E-state index contributed by atoms with van der Waals surface area (Å²) in [5.41, 5.74) is -0.226. The molecule has 0 N–H and O–H groups in total. The van der Waals surface area contributed by atoms with E-state index in [9.17, 15) is 9.59 Å². The lowest BCUT2D eigenvalue weighted by atomic mass is 9.48. The van der Waals surface area contributed by atoms with Crippen LogP contribution >= 0.6 is 0 Å². The summed E-state index contributed by atoms with van der Waals surface area (Å²) in [6, 6.07) is 3.63. The fourth-order valence-electron chi connectivity index (χ4n) is 5.80. The Morgan fingerprint density at radius 2 is 1.76 bits per heavy atom. The van der Waals surface area contributed by atoms with E-state index in [-0.39, 0.29) is 11.2 Å². The van der Waals surface area contributed by atoms with E-state index in [1.54, 1.807) is 19.1 Å². The smallest absolute Gasteiger partial charge is 0.331 e. The highest BCUT2D eigenvalue weighted by Gasteiger charge is 2.55. The molecule has 0 aromatic carbocycles. The van der Waals surface area contributed by atoms with Crippen molar-refractivity contribution in [1.82, 2.24) is 0 Å². The number of carbonyl (C=O) groups excluding carboxylic acids is 2. The zero-order valence-electron chi connectivity index (χ0n) is 15.0. The fraction of sp³-hybridized carbons (Fsp3) is 0.619. The molecular formula is C21H26O4. The van der Waals surface area contributed by atoms with Crippen molar-refractivity contribution in [3.8, 4) is 0 Å². The number of aryl methyl sites for hydroxylation is 1. The molecule has 5 rings (SSSR count). The molecule has 4 bridgehead atoms. The van der Waals surface area contributed by atoms with E-state index >= 15 is 0 Å². The van der Waals surface area contributed by atoms with Crippen molar-refractivity contribution >= 4 is 17.8 Å². The number of esters is 1. The first-order valence-corrected chi connectivity index (χ1v) is 9.43. The predicted octanol–water partition coefficient (Wildman–Crippen LogP) is 4.32. The van der Waals surface area contributed by atoms with Crippen molar-refractivity contribution in [2.45, 2.75) is 58.5 Å². The molecule has 1 aromatic heterocycles. The average Bonchev–Trinajstić information content (AvgIpc) is 2.96. The summed E-state index contributed by atoms with van der Waals surface area (Å²) in [4.78, 5) is 25.2. The van der Waals surface area contributed by atoms with Crippen molar-refractivity contribution in [3.63, 3.8) is 0 Å². The van der Waals surface area contributed by atoms with Crippen LogP contribution in [0, 0.1) is 30.1 Å². The number of furan rings is 1. The van der Waals surface area contributed by atoms with E-state index < -0.39 is 12.1 Å². The van der Waals surface area contributed by atoms with Gasteiger partial charge in [0.25, 0.3) is 0 Å². The molecule has 0 aliphatic heterocycles. The van der Waals surface area contributed by atoms with Gasteiger partial charge in [-0.05, 0) is 88.3 Å². The summed E-state index contributed by atoms with van der Waals surface area (Å²) in [5, 5.41) is 0. The Kier molecular flexibility index (Phi) is 4.09. The molecule has 0 radical (unpaired) electrons. The van der Waals surface area contributed by atoms with Gasteiger partial charge in [0.05, 0.1) is 0 Å². The van der Waals surface area contributed by atoms with Gasteiger partial charge in [-0.1, -0.05) is 0 Å². The molecule has 0 spiro atoms. The SMILES string of the molecule is Cc1ccc(/C=C/C(=O)OC(C)C(=O)C23CC4CC(CC(C4)C2)C3)o1. The first-order valence-electron chi connectivity index (χ1n) is 9.43. The van der Waals surface area contributed by atoms with Crippen molar-refractivity contribution in [2.75, 3.05) is 0 Å². The van der Waals surface area contributed by atoms with Crippen LogP contribution in [0.1, 0.15) is 57.0 Å². The van der Waals surface area contributed by atoms with E-state index in [1.807, 2.05) is 13.0 Å². The Labute approximate surface area is 148 Å². The first-order chi connectivity index (χ1) is 11.9. The summed E-state index contributed by atoms with van der Waals surface area (Å²) in [6.45, 7) is 3.57. The standard InChI is InChI=1S/C21H26O4/c1-13-3-4-18(24-13)5-6-19(22)25-14(2)20(23)21-10-15-7-16(11-21)9-17(8-15)12-21/h3-6,14-17H,7-12H2,1-2H3/b6-5+. The maximum Gasteiger partial charge on any atom is 0.331 e. The summed E-state index contributed by atoms with van der Waals surface area (Å²) in [7, 11) is 0. The third kappa shape index (κ3) is 3.19. The molecule has 4 saturated carbocycles.